The van der Waals surface area contributed by atoms with Crippen LogP contribution in [-0.4, -0.2) is 34.8 Å². The number of carbonyl (C=O) groups excluding carboxylic acids is 1. The molecule has 2 N–H and O–H groups in total. The number of fused-ring (bicyclic) bond motifs is 2. The summed E-state index contributed by atoms with van der Waals surface area (Å²) < 4.78 is 54.3. The number of anilines is 1. The second kappa shape index (κ2) is 7.16. The summed E-state index contributed by atoms with van der Waals surface area (Å²) in [6.07, 6.45) is 3.83. The summed E-state index contributed by atoms with van der Waals surface area (Å²) in [5.41, 5.74) is -0.669. The van der Waals surface area contributed by atoms with E-state index >= 15 is 0 Å². The van der Waals surface area contributed by atoms with Crippen molar-refractivity contribution < 1.29 is 27.1 Å². The zero-order valence-corrected chi connectivity index (χ0v) is 17.5. The molecule has 2 unspecified atom stereocenters. The highest BCUT2D eigenvalue weighted by molar-refractivity contribution is 7.92. The predicted octanol–water partition coefficient (Wildman–Crippen LogP) is 3.27. The number of aliphatic hydroxyl groups is 1. The van der Waals surface area contributed by atoms with E-state index in [9.17, 15) is 27.1 Å². The standard InChI is InChI=1S/C21H24F2N2O4S/c1-21(27)12-3-4-13(21)8-15(7-12)30(28,29)16-10-19(25(2)11-16)20(26)24-14-5-6-17(22)18(23)9-14/h5-6,9-13,15,27H,3-4,7-8H2,1-2H3,(H,24,26). The summed E-state index contributed by atoms with van der Waals surface area (Å²) in [5.74, 6) is -2.84. The van der Waals surface area contributed by atoms with Gasteiger partial charge in [-0.2, -0.15) is 0 Å². The molecule has 0 aliphatic heterocycles. The van der Waals surface area contributed by atoms with Crippen LogP contribution < -0.4 is 5.32 Å². The molecule has 9 heteroatoms. The van der Waals surface area contributed by atoms with Crippen molar-refractivity contribution in [2.75, 3.05) is 5.32 Å². The Labute approximate surface area is 173 Å². The summed E-state index contributed by atoms with van der Waals surface area (Å²) in [7, 11) is -2.13. The van der Waals surface area contributed by atoms with Gasteiger partial charge in [-0.1, -0.05) is 0 Å². The summed E-state index contributed by atoms with van der Waals surface area (Å²) in [6.45, 7) is 1.79. The van der Waals surface area contributed by atoms with Crippen LogP contribution in [0.4, 0.5) is 14.5 Å². The van der Waals surface area contributed by atoms with Crippen molar-refractivity contribution in [3.8, 4) is 0 Å². The van der Waals surface area contributed by atoms with Crippen molar-refractivity contribution in [2.45, 2.75) is 48.4 Å². The third kappa shape index (κ3) is 3.43. The normalized spacial score (nSPS) is 28.5. The maximum atomic E-state index is 13.4. The number of hydrogen-bond donors (Lipinski definition) is 2. The fourth-order valence-electron chi connectivity index (χ4n) is 4.89. The SMILES string of the molecule is Cn1cc(S(=O)(=O)C2CC3CCC(C2)C3(C)O)cc1C(=O)Nc1ccc(F)c(F)c1. The van der Waals surface area contributed by atoms with Crippen LogP contribution in [0, 0.1) is 23.5 Å². The lowest BCUT2D eigenvalue weighted by atomic mass is 9.76. The Morgan fingerprint density at radius 2 is 1.80 bits per heavy atom. The Hall–Kier alpha value is -2.26. The summed E-state index contributed by atoms with van der Waals surface area (Å²) >= 11 is 0. The van der Waals surface area contributed by atoms with E-state index in [4.69, 9.17) is 0 Å². The van der Waals surface area contributed by atoms with Gasteiger partial charge in [0.05, 0.1) is 15.7 Å². The Morgan fingerprint density at radius 3 is 2.40 bits per heavy atom. The van der Waals surface area contributed by atoms with E-state index in [-0.39, 0.29) is 28.1 Å². The first-order valence-electron chi connectivity index (χ1n) is 9.89. The number of carbonyl (C=O) groups is 1. The molecular formula is C21H24F2N2O4S. The highest BCUT2D eigenvalue weighted by Gasteiger charge is 2.53. The van der Waals surface area contributed by atoms with Gasteiger partial charge in [-0.25, -0.2) is 17.2 Å². The van der Waals surface area contributed by atoms with Crippen molar-refractivity contribution in [1.82, 2.24) is 4.57 Å². The zero-order valence-electron chi connectivity index (χ0n) is 16.7. The van der Waals surface area contributed by atoms with E-state index in [2.05, 4.69) is 5.32 Å². The molecule has 1 amide bonds. The molecule has 2 aliphatic rings. The molecule has 30 heavy (non-hydrogen) atoms. The minimum absolute atomic E-state index is 0.0455. The van der Waals surface area contributed by atoms with Gasteiger partial charge in [0.2, 0.25) is 0 Å². The molecule has 1 heterocycles. The largest absolute Gasteiger partial charge is 0.390 e. The number of halogens is 2. The lowest BCUT2D eigenvalue weighted by Crippen LogP contribution is -2.45. The minimum atomic E-state index is -3.68. The van der Waals surface area contributed by atoms with Crippen LogP contribution in [-0.2, 0) is 16.9 Å². The van der Waals surface area contributed by atoms with E-state index < -0.39 is 38.2 Å². The van der Waals surface area contributed by atoms with Crippen molar-refractivity contribution in [1.29, 1.82) is 0 Å². The van der Waals surface area contributed by atoms with Gasteiger partial charge >= 0.3 is 0 Å². The fourth-order valence-corrected chi connectivity index (χ4v) is 6.83. The minimum Gasteiger partial charge on any atom is -0.390 e. The molecule has 1 aromatic heterocycles. The lowest BCUT2D eigenvalue weighted by molar-refractivity contribution is -0.0413. The highest BCUT2D eigenvalue weighted by Crippen LogP contribution is 2.51. The first-order valence-corrected chi connectivity index (χ1v) is 11.4. The number of aromatic nitrogens is 1. The van der Waals surface area contributed by atoms with Gasteiger partial charge in [0.25, 0.3) is 5.91 Å². The molecule has 2 atom stereocenters. The average Bonchev–Trinajstić information content (AvgIpc) is 3.07. The smallest absolute Gasteiger partial charge is 0.272 e. The number of rotatable bonds is 4. The van der Waals surface area contributed by atoms with E-state index in [1.165, 1.54) is 22.9 Å². The quantitative estimate of drug-likeness (QED) is 0.767. The molecule has 2 bridgehead atoms. The van der Waals surface area contributed by atoms with Gasteiger partial charge in [-0.3, -0.25) is 4.79 Å². The monoisotopic (exact) mass is 438 g/mol. The van der Waals surface area contributed by atoms with Crippen molar-refractivity contribution in [3.05, 3.63) is 47.8 Å². The summed E-state index contributed by atoms with van der Waals surface area (Å²) in [4.78, 5) is 12.6. The molecule has 2 aromatic rings. The van der Waals surface area contributed by atoms with Gasteiger partial charge in [-0.15, -0.1) is 0 Å². The molecule has 0 radical (unpaired) electrons. The van der Waals surface area contributed by atoms with Gasteiger partial charge in [-0.05, 0) is 62.6 Å². The summed E-state index contributed by atoms with van der Waals surface area (Å²) in [6, 6.07) is 4.29. The lowest BCUT2D eigenvalue weighted by Gasteiger charge is -2.39. The Kier molecular flexibility index (Phi) is 5.01. The molecule has 0 spiro atoms. The van der Waals surface area contributed by atoms with Crippen LogP contribution in [0.15, 0.2) is 35.4 Å². The molecule has 2 saturated carbocycles. The highest BCUT2D eigenvalue weighted by atomic mass is 32.2. The molecule has 6 nitrogen and oxygen atoms in total. The first-order chi connectivity index (χ1) is 14.0. The Morgan fingerprint density at radius 1 is 1.17 bits per heavy atom. The third-order valence-corrected chi connectivity index (χ3v) is 8.91. The maximum absolute atomic E-state index is 13.4. The molecule has 0 saturated heterocycles. The van der Waals surface area contributed by atoms with Gasteiger partial charge in [0, 0.05) is 25.0 Å². The average molecular weight is 438 g/mol. The molecule has 4 rings (SSSR count). The number of amides is 1. The maximum Gasteiger partial charge on any atom is 0.272 e. The predicted molar refractivity (Wildman–Crippen MR) is 107 cm³/mol. The molecular weight excluding hydrogens is 414 g/mol. The number of sulfone groups is 1. The van der Waals surface area contributed by atoms with Crippen molar-refractivity contribution >= 4 is 21.4 Å². The van der Waals surface area contributed by atoms with Gasteiger partial charge in [0.15, 0.2) is 21.5 Å². The van der Waals surface area contributed by atoms with Gasteiger partial charge in [0.1, 0.15) is 5.69 Å². The van der Waals surface area contributed by atoms with Crippen LogP contribution in [0.1, 0.15) is 43.1 Å². The fraction of sp³-hybridized carbons (Fsp3) is 0.476. The van der Waals surface area contributed by atoms with Crippen molar-refractivity contribution in [3.63, 3.8) is 0 Å². The van der Waals surface area contributed by atoms with Crippen LogP contribution in [0.3, 0.4) is 0 Å². The van der Waals surface area contributed by atoms with Crippen LogP contribution in [0.25, 0.3) is 0 Å². The topological polar surface area (TPSA) is 88.4 Å². The molecule has 2 aliphatic carbocycles. The number of nitrogens with one attached hydrogen (secondary N) is 1. The summed E-state index contributed by atoms with van der Waals surface area (Å²) in [5, 5.41) is 12.5. The van der Waals surface area contributed by atoms with Crippen LogP contribution in [0.5, 0.6) is 0 Å². The van der Waals surface area contributed by atoms with Crippen LogP contribution >= 0.6 is 0 Å². The Bertz CT molecular complexity index is 1090. The number of benzene rings is 1. The molecule has 2 fully saturated rings. The Balaban J connectivity index is 1.56. The number of hydrogen-bond acceptors (Lipinski definition) is 4. The van der Waals surface area contributed by atoms with E-state index in [0.29, 0.717) is 12.8 Å². The first kappa shape index (κ1) is 21.0. The number of nitrogens with zero attached hydrogens (tertiary/aromatic N) is 1. The van der Waals surface area contributed by atoms with E-state index in [1.807, 2.05) is 0 Å². The van der Waals surface area contributed by atoms with Crippen LogP contribution in [0.2, 0.25) is 0 Å². The van der Waals surface area contributed by atoms with Gasteiger partial charge < -0.3 is 15.0 Å². The van der Waals surface area contributed by atoms with Crippen molar-refractivity contribution in [2.24, 2.45) is 18.9 Å². The number of aryl methyl sites for hydroxylation is 1. The zero-order chi connectivity index (χ0) is 21.8. The molecule has 1 aromatic carbocycles. The van der Waals surface area contributed by atoms with E-state index in [0.717, 1.165) is 25.0 Å². The molecule has 162 valence electrons. The second-order valence-corrected chi connectivity index (χ2v) is 10.8. The third-order valence-electron chi connectivity index (χ3n) is 6.77. The second-order valence-electron chi connectivity index (χ2n) is 8.59. The van der Waals surface area contributed by atoms with E-state index in [1.54, 1.807) is 14.0 Å².